The van der Waals surface area contributed by atoms with E-state index in [1.54, 1.807) is 29.2 Å². The Kier molecular flexibility index (Phi) is 4.60. The first-order valence-electron chi connectivity index (χ1n) is 9.98. The molecule has 0 fully saturated rings. The number of hydrogen-bond acceptors (Lipinski definition) is 7. The Labute approximate surface area is 184 Å². The van der Waals surface area contributed by atoms with Crippen molar-refractivity contribution < 1.29 is 0 Å². The fourth-order valence-corrected chi connectivity index (χ4v) is 3.80. The minimum atomic E-state index is 0.604. The van der Waals surface area contributed by atoms with Gasteiger partial charge in [0.15, 0.2) is 11.6 Å². The Morgan fingerprint density at radius 1 is 1.03 bits per heavy atom. The highest BCUT2D eigenvalue weighted by Crippen LogP contribution is 2.30. The summed E-state index contributed by atoms with van der Waals surface area (Å²) in [5.41, 5.74) is 5.33. The van der Waals surface area contributed by atoms with Crippen molar-refractivity contribution in [3.63, 3.8) is 0 Å². The second kappa shape index (κ2) is 7.59. The molecule has 0 aliphatic rings. The summed E-state index contributed by atoms with van der Waals surface area (Å²) in [6, 6.07) is 13.4. The molecule has 4 aromatic heterocycles. The van der Waals surface area contributed by atoms with Crippen LogP contribution in [0.5, 0.6) is 0 Å². The molecule has 1 aromatic carbocycles. The number of rotatable bonds is 4. The van der Waals surface area contributed by atoms with E-state index in [4.69, 9.17) is 5.26 Å². The van der Waals surface area contributed by atoms with Crippen LogP contribution in [0.15, 0.2) is 55.1 Å². The SMILES string of the molecule is Cc1c(Nc2cc(-n3nc(C)c4ccncc43)ncn2)nn(C)c1-c1ccc(C#N)cc1. The Morgan fingerprint density at radius 2 is 1.84 bits per heavy atom. The maximum absolute atomic E-state index is 9.04. The van der Waals surface area contributed by atoms with E-state index in [0.29, 0.717) is 23.0 Å². The largest absolute Gasteiger partial charge is 0.323 e. The average molecular weight is 421 g/mol. The quantitative estimate of drug-likeness (QED) is 0.469. The second-order valence-corrected chi connectivity index (χ2v) is 7.41. The van der Waals surface area contributed by atoms with Gasteiger partial charge in [-0.25, -0.2) is 14.6 Å². The summed E-state index contributed by atoms with van der Waals surface area (Å²) in [7, 11) is 1.89. The van der Waals surface area contributed by atoms with E-state index in [-0.39, 0.29) is 0 Å². The van der Waals surface area contributed by atoms with E-state index in [1.165, 1.54) is 6.33 Å². The Balaban J connectivity index is 1.50. The molecule has 1 N–H and O–H groups in total. The highest BCUT2D eigenvalue weighted by atomic mass is 15.3. The van der Waals surface area contributed by atoms with Crippen molar-refractivity contribution in [1.29, 1.82) is 5.26 Å². The van der Waals surface area contributed by atoms with Crippen LogP contribution >= 0.6 is 0 Å². The normalized spacial score (nSPS) is 10.9. The minimum Gasteiger partial charge on any atom is -0.323 e. The van der Waals surface area contributed by atoms with Crippen molar-refractivity contribution in [3.05, 3.63) is 71.9 Å². The van der Waals surface area contributed by atoms with Gasteiger partial charge in [-0.3, -0.25) is 9.67 Å². The molecule has 9 heteroatoms. The number of fused-ring (bicyclic) bond motifs is 1. The monoisotopic (exact) mass is 421 g/mol. The molecular formula is C23H19N9. The van der Waals surface area contributed by atoms with Gasteiger partial charge in [0.25, 0.3) is 0 Å². The zero-order valence-corrected chi connectivity index (χ0v) is 17.8. The van der Waals surface area contributed by atoms with Gasteiger partial charge in [0.05, 0.1) is 34.7 Å². The van der Waals surface area contributed by atoms with Gasteiger partial charge in [0.2, 0.25) is 0 Å². The van der Waals surface area contributed by atoms with Crippen LogP contribution in [-0.4, -0.2) is 34.5 Å². The van der Waals surface area contributed by atoms with Crippen LogP contribution in [0.4, 0.5) is 11.6 Å². The molecule has 0 bridgehead atoms. The first kappa shape index (κ1) is 19.4. The lowest BCUT2D eigenvalue weighted by Crippen LogP contribution is -2.03. The third kappa shape index (κ3) is 3.24. The van der Waals surface area contributed by atoms with Crippen LogP contribution in [0.2, 0.25) is 0 Å². The summed E-state index contributed by atoms with van der Waals surface area (Å²) in [5.74, 6) is 1.93. The molecule has 5 aromatic rings. The van der Waals surface area contributed by atoms with Gasteiger partial charge in [-0.05, 0) is 32.0 Å². The zero-order valence-electron chi connectivity index (χ0n) is 17.8. The number of nitriles is 1. The van der Waals surface area contributed by atoms with Gasteiger partial charge < -0.3 is 5.32 Å². The standard InChI is InChI=1S/C23H19N9/c1-14-22(17-6-4-16(11-24)5-7-17)31(3)30-23(14)28-20-10-21(27-13-26-20)32-19-12-25-9-8-18(19)15(2)29-32/h4-10,12-13H,1-3H3,(H,26,27,28,30). The van der Waals surface area contributed by atoms with Crippen LogP contribution in [0.1, 0.15) is 16.8 Å². The van der Waals surface area contributed by atoms with Gasteiger partial charge in [0.1, 0.15) is 12.1 Å². The van der Waals surface area contributed by atoms with E-state index < -0.39 is 0 Å². The lowest BCUT2D eigenvalue weighted by atomic mass is 10.1. The van der Waals surface area contributed by atoms with Gasteiger partial charge in [-0.1, -0.05) is 12.1 Å². The maximum atomic E-state index is 9.04. The third-order valence-electron chi connectivity index (χ3n) is 5.36. The number of anilines is 2. The number of aromatic nitrogens is 7. The molecule has 0 saturated carbocycles. The van der Waals surface area contributed by atoms with E-state index in [9.17, 15) is 0 Å². The molecule has 0 unspecified atom stereocenters. The lowest BCUT2D eigenvalue weighted by molar-refractivity contribution is 0.778. The van der Waals surface area contributed by atoms with Crippen molar-refractivity contribution in [2.75, 3.05) is 5.32 Å². The van der Waals surface area contributed by atoms with Crippen LogP contribution in [-0.2, 0) is 7.05 Å². The number of nitrogens with zero attached hydrogens (tertiary/aromatic N) is 8. The summed E-state index contributed by atoms with van der Waals surface area (Å²) in [5, 5.41) is 22.6. The van der Waals surface area contributed by atoms with E-state index in [1.807, 2.05) is 49.8 Å². The second-order valence-electron chi connectivity index (χ2n) is 7.41. The molecule has 0 amide bonds. The van der Waals surface area contributed by atoms with Crippen LogP contribution in [0.25, 0.3) is 28.0 Å². The molecule has 0 spiro atoms. The van der Waals surface area contributed by atoms with Crippen molar-refractivity contribution in [3.8, 4) is 23.1 Å². The van der Waals surface area contributed by atoms with Gasteiger partial charge in [0, 0.05) is 35.8 Å². The Hall–Kier alpha value is -4.58. The summed E-state index contributed by atoms with van der Waals surface area (Å²) in [4.78, 5) is 13.0. The molecule has 4 heterocycles. The van der Waals surface area contributed by atoms with Gasteiger partial charge in [-0.2, -0.15) is 15.5 Å². The Morgan fingerprint density at radius 3 is 2.62 bits per heavy atom. The van der Waals surface area contributed by atoms with Crippen LogP contribution in [0, 0.1) is 25.2 Å². The highest BCUT2D eigenvalue weighted by molar-refractivity contribution is 5.82. The molecule has 156 valence electrons. The molecule has 0 atom stereocenters. The van der Waals surface area contributed by atoms with Crippen LogP contribution < -0.4 is 5.32 Å². The first-order chi connectivity index (χ1) is 15.5. The van der Waals surface area contributed by atoms with Crippen molar-refractivity contribution >= 4 is 22.5 Å². The molecule has 0 aliphatic carbocycles. The Bertz CT molecular complexity index is 1490. The third-order valence-corrected chi connectivity index (χ3v) is 5.36. The summed E-state index contributed by atoms with van der Waals surface area (Å²) >= 11 is 0. The lowest BCUT2D eigenvalue weighted by Gasteiger charge is -2.07. The van der Waals surface area contributed by atoms with Gasteiger partial charge in [-0.15, -0.1) is 0 Å². The van der Waals surface area contributed by atoms with E-state index in [2.05, 4.69) is 36.5 Å². The molecule has 32 heavy (non-hydrogen) atoms. The summed E-state index contributed by atoms with van der Waals surface area (Å²) in [6.45, 7) is 3.96. The fourth-order valence-electron chi connectivity index (χ4n) is 3.80. The molecule has 0 radical (unpaired) electrons. The molecule has 5 rings (SSSR count). The van der Waals surface area contributed by atoms with Crippen molar-refractivity contribution in [2.45, 2.75) is 13.8 Å². The first-order valence-corrected chi connectivity index (χ1v) is 9.98. The molecule has 9 nitrogen and oxygen atoms in total. The van der Waals surface area contributed by atoms with E-state index in [0.717, 1.165) is 33.4 Å². The predicted octanol–water partition coefficient (Wildman–Crippen LogP) is 3.84. The zero-order chi connectivity index (χ0) is 22.2. The number of hydrogen-bond donors (Lipinski definition) is 1. The maximum Gasteiger partial charge on any atom is 0.159 e. The van der Waals surface area contributed by atoms with Crippen molar-refractivity contribution in [1.82, 2.24) is 34.5 Å². The number of pyridine rings is 1. The topological polar surface area (TPSA) is 110 Å². The highest BCUT2D eigenvalue weighted by Gasteiger charge is 2.16. The summed E-state index contributed by atoms with van der Waals surface area (Å²) < 4.78 is 3.58. The fraction of sp³-hybridized carbons (Fsp3) is 0.130. The summed E-state index contributed by atoms with van der Waals surface area (Å²) in [6.07, 6.45) is 5.03. The number of benzene rings is 1. The molecule has 0 aliphatic heterocycles. The van der Waals surface area contributed by atoms with Crippen molar-refractivity contribution in [2.24, 2.45) is 7.05 Å². The van der Waals surface area contributed by atoms with Crippen LogP contribution in [0.3, 0.4) is 0 Å². The number of aryl methyl sites for hydroxylation is 2. The number of nitrogens with one attached hydrogen (secondary N) is 1. The van der Waals surface area contributed by atoms with E-state index >= 15 is 0 Å². The predicted molar refractivity (Wildman–Crippen MR) is 121 cm³/mol. The van der Waals surface area contributed by atoms with Gasteiger partial charge >= 0.3 is 0 Å². The minimum absolute atomic E-state index is 0.604. The smallest absolute Gasteiger partial charge is 0.159 e. The molecular weight excluding hydrogens is 402 g/mol. The average Bonchev–Trinajstić information content (AvgIpc) is 3.30. The molecule has 0 saturated heterocycles.